The van der Waals surface area contributed by atoms with E-state index in [0.717, 1.165) is 7.11 Å². The molecule has 9 heteroatoms. The first kappa shape index (κ1) is 22.1. The minimum atomic E-state index is -1.09. The van der Waals surface area contributed by atoms with Crippen LogP contribution < -0.4 is 10.6 Å². The van der Waals surface area contributed by atoms with E-state index in [0.29, 0.717) is 5.56 Å². The fraction of sp³-hybridized carbons (Fsp3) is 0.444. The fourth-order valence-electron chi connectivity index (χ4n) is 2.38. The second-order valence-electron chi connectivity index (χ2n) is 5.79. The SMILES string of the molecule is COC(=O)CC[C@@H](NC(=O)[C@H](Cc1cccc(F)c1)NC(C)=O)C(=O)OC. The molecule has 0 saturated carbocycles. The summed E-state index contributed by atoms with van der Waals surface area (Å²) in [7, 11) is 2.36. The van der Waals surface area contributed by atoms with Gasteiger partial charge in [0.25, 0.3) is 0 Å². The van der Waals surface area contributed by atoms with Gasteiger partial charge in [0.15, 0.2) is 0 Å². The molecule has 0 aromatic heterocycles. The molecule has 1 aromatic carbocycles. The third-order valence-electron chi connectivity index (χ3n) is 3.69. The van der Waals surface area contributed by atoms with Crippen LogP contribution in [0.15, 0.2) is 24.3 Å². The summed E-state index contributed by atoms with van der Waals surface area (Å²) in [6.07, 6.45) is -0.114. The van der Waals surface area contributed by atoms with E-state index < -0.39 is 41.7 Å². The molecule has 0 aliphatic heterocycles. The van der Waals surface area contributed by atoms with Crippen molar-refractivity contribution in [3.63, 3.8) is 0 Å². The normalized spacial score (nSPS) is 12.4. The van der Waals surface area contributed by atoms with Crippen molar-refractivity contribution in [1.82, 2.24) is 10.6 Å². The number of ether oxygens (including phenoxy) is 2. The van der Waals surface area contributed by atoms with Crippen LogP contribution >= 0.6 is 0 Å². The van der Waals surface area contributed by atoms with Crippen LogP contribution in [0.4, 0.5) is 4.39 Å². The second-order valence-corrected chi connectivity index (χ2v) is 5.79. The Morgan fingerprint density at radius 2 is 1.78 bits per heavy atom. The number of carbonyl (C=O) groups excluding carboxylic acids is 4. The van der Waals surface area contributed by atoms with Gasteiger partial charge in [-0.1, -0.05) is 12.1 Å². The molecule has 2 amide bonds. The highest BCUT2D eigenvalue weighted by atomic mass is 19.1. The van der Waals surface area contributed by atoms with Crippen molar-refractivity contribution >= 4 is 23.8 Å². The van der Waals surface area contributed by atoms with Gasteiger partial charge in [-0.25, -0.2) is 9.18 Å². The predicted molar refractivity (Wildman–Crippen MR) is 92.9 cm³/mol. The monoisotopic (exact) mass is 382 g/mol. The summed E-state index contributed by atoms with van der Waals surface area (Å²) in [6, 6.07) is 3.48. The number of amides is 2. The zero-order valence-corrected chi connectivity index (χ0v) is 15.4. The van der Waals surface area contributed by atoms with E-state index >= 15 is 0 Å². The Morgan fingerprint density at radius 1 is 1.07 bits per heavy atom. The van der Waals surface area contributed by atoms with Crippen molar-refractivity contribution < 1.29 is 33.0 Å². The summed E-state index contributed by atoms with van der Waals surface area (Å²) in [5, 5.41) is 4.93. The smallest absolute Gasteiger partial charge is 0.328 e. The maximum absolute atomic E-state index is 13.4. The van der Waals surface area contributed by atoms with Gasteiger partial charge in [-0.2, -0.15) is 0 Å². The number of nitrogens with one attached hydrogen (secondary N) is 2. The lowest BCUT2D eigenvalue weighted by atomic mass is 10.0. The molecule has 0 bridgehead atoms. The fourth-order valence-corrected chi connectivity index (χ4v) is 2.38. The van der Waals surface area contributed by atoms with Crippen LogP contribution in [0.1, 0.15) is 25.3 Å². The first-order valence-electron chi connectivity index (χ1n) is 8.23. The minimum Gasteiger partial charge on any atom is -0.469 e. The number of halogens is 1. The summed E-state index contributed by atoms with van der Waals surface area (Å²) < 4.78 is 22.5. The number of methoxy groups -OCH3 is 2. The summed E-state index contributed by atoms with van der Waals surface area (Å²) in [5.74, 6) is -2.87. The molecule has 2 atom stereocenters. The van der Waals surface area contributed by atoms with Gasteiger partial charge in [-0.05, 0) is 24.1 Å². The lowest BCUT2D eigenvalue weighted by Gasteiger charge is -2.22. The van der Waals surface area contributed by atoms with Crippen molar-refractivity contribution in [3.05, 3.63) is 35.6 Å². The lowest BCUT2D eigenvalue weighted by molar-refractivity contribution is -0.146. The second kappa shape index (κ2) is 10.9. The molecule has 27 heavy (non-hydrogen) atoms. The van der Waals surface area contributed by atoms with Crippen molar-refractivity contribution in [1.29, 1.82) is 0 Å². The van der Waals surface area contributed by atoms with Crippen LogP contribution in [-0.2, 0) is 35.1 Å². The maximum Gasteiger partial charge on any atom is 0.328 e. The van der Waals surface area contributed by atoms with Crippen LogP contribution in [0.5, 0.6) is 0 Å². The Morgan fingerprint density at radius 3 is 2.33 bits per heavy atom. The van der Waals surface area contributed by atoms with E-state index in [1.165, 1.54) is 32.2 Å². The molecular weight excluding hydrogens is 359 g/mol. The average molecular weight is 382 g/mol. The summed E-state index contributed by atoms with van der Waals surface area (Å²) in [4.78, 5) is 47.2. The van der Waals surface area contributed by atoms with Gasteiger partial charge in [0.1, 0.15) is 17.9 Å². The van der Waals surface area contributed by atoms with Crippen LogP contribution in [-0.4, -0.2) is 50.1 Å². The maximum atomic E-state index is 13.4. The highest BCUT2D eigenvalue weighted by Gasteiger charge is 2.27. The largest absolute Gasteiger partial charge is 0.469 e. The number of benzene rings is 1. The zero-order chi connectivity index (χ0) is 20.4. The third-order valence-corrected chi connectivity index (χ3v) is 3.69. The highest BCUT2D eigenvalue weighted by Crippen LogP contribution is 2.08. The number of carbonyl (C=O) groups is 4. The Labute approximate surface area is 156 Å². The predicted octanol–water partition coefficient (Wildman–Crippen LogP) is 0.484. The number of esters is 2. The van der Waals surface area contributed by atoms with Gasteiger partial charge in [-0.3, -0.25) is 14.4 Å². The first-order valence-corrected chi connectivity index (χ1v) is 8.23. The number of hydrogen-bond donors (Lipinski definition) is 2. The molecule has 148 valence electrons. The van der Waals surface area contributed by atoms with Crippen LogP contribution in [0.25, 0.3) is 0 Å². The third kappa shape index (κ3) is 7.85. The minimum absolute atomic E-state index is 0.0219. The van der Waals surface area contributed by atoms with Crippen molar-refractivity contribution in [2.75, 3.05) is 14.2 Å². The van der Waals surface area contributed by atoms with Crippen LogP contribution in [0.2, 0.25) is 0 Å². The van der Waals surface area contributed by atoms with Gasteiger partial charge < -0.3 is 20.1 Å². The van der Waals surface area contributed by atoms with E-state index in [1.54, 1.807) is 6.07 Å². The Kier molecular flexibility index (Phi) is 8.91. The van der Waals surface area contributed by atoms with E-state index in [1.807, 2.05) is 0 Å². The molecule has 2 N–H and O–H groups in total. The van der Waals surface area contributed by atoms with E-state index in [2.05, 4.69) is 20.1 Å². The molecule has 0 unspecified atom stereocenters. The Balaban J connectivity index is 2.88. The molecule has 0 spiro atoms. The summed E-state index contributed by atoms with van der Waals surface area (Å²) >= 11 is 0. The van der Waals surface area contributed by atoms with E-state index in [-0.39, 0.29) is 19.3 Å². The molecule has 0 heterocycles. The van der Waals surface area contributed by atoms with Gasteiger partial charge in [0, 0.05) is 19.8 Å². The molecule has 1 rings (SSSR count). The van der Waals surface area contributed by atoms with Gasteiger partial charge >= 0.3 is 11.9 Å². The van der Waals surface area contributed by atoms with E-state index in [4.69, 9.17) is 0 Å². The van der Waals surface area contributed by atoms with Crippen LogP contribution in [0.3, 0.4) is 0 Å². The molecule has 0 saturated heterocycles. The Hall–Kier alpha value is -2.97. The highest BCUT2D eigenvalue weighted by molar-refractivity contribution is 5.90. The standard InChI is InChI=1S/C18H23FN2O6/c1-11(22)20-15(10-12-5-4-6-13(19)9-12)17(24)21-14(18(25)27-3)7-8-16(23)26-2/h4-6,9,14-15H,7-8,10H2,1-3H3,(H,20,22)(H,21,24)/t14-,15+/m1/s1. The van der Waals surface area contributed by atoms with Crippen molar-refractivity contribution in [2.24, 2.45) is 0 Å². The topological polar surface area (TPSA) is 111 Å². The van der Waals surface area contributed by atoms with Gasteiger partial charge in [0.2, 0.25) is 11.8 Å². The summed E-state index contributed by atoms with van der Waals surface area (Å²) in [5.41, 5.74) is 0.494. The molecule has 1 aromatic rings. The lowest BCUT2D eigenvalue weighted by Crippen LogP contribution is -2.52. The zero-order valence-electron chi connectivity index (χ0n) is 15.4. The Bertz CT molecular complexity index is 694. The molecule has 0 radical (unpaired) electrons. The number of rotatable bonds is 9. The quantitative estimate of drug-likeness (QED) is 0.601. The van der Waals surface area contributed by atoms with Crippen molar-refractivity contribution in [2.45, 2.75) is 38.3 Å². The van der Waals surface area contributed by atoms with Gasteiger partial charge in [0.05, 0.1) is 14.2 Å². The molecule has 8 nitrogen and oxygen atoms in total. The van der Waals surface area contributed by atoms with E-state index in [9.17, 15) is 23.6 Å². The summed E-state index contributed by atoms with van der Waals surface area (Å²) in [6.45, 7) is 1.24. The molecule has 0 fully saturated rings. The molecule has 0 aliphatic rings. The van der Waals surface area contributed by atoms with Gasteiger partial charge in [-0.15, -0.1) is 0 Å². The molecule has 0 aliphatic carbocycles. The average Bonchev–Trinajstić information content (AvgIpc) is 2.63. The number of hydrogen-bond acceptors (Lipinski definition) is 6. The van der Waals surface area contributed by atoms with Crippen LogP contribution in [0, 0.1) is 5.82 Å². The molecular formula is C18H23FN2O6. The first-order chi connectivity index (χ1) is 12.8. The van der Waals surface area contributed by atoms with Crippen molar-refractivity contribution in [3.8, 4) is 0 Å².